The molecule has 0 unspecified atom stereocenters. The first kappa shape index (κ1) is 21.6. The van der Waals surface area contributed by atoms with Crippen LogP contribution < -0.4 is 11.1 Å². The molecular formula is C22H21FN6O2S. The van der Waals surface area contributed by atoms with Crippen molar-refractivity contribution in [3.63, 3.8) is 0 Å². The van der Waals surface area contributed by atoms with E-state index in [1.165, 1.54) is 36.0 Å². The average molecular weight is 453 g/mol. The number of hydrogen-bond donors (Lipinski definition) is 2. The molecule has 4 rings (SSSR count). The van der Waals surface area contributed by atoms with Gasteiger partial charge in [-0.25, -0.2) is 24.1 Å². The smallest absolute Gasteiger partial charge is 0.408 e. The van der Waals surface area contributed by atoms with E-state index in [0.29, 0.717) is 33.3 Å². The highest BCUT2D eigenvalue weighted by atomic mass is 32.1. The highest BCUT2D eigenvalue weighted by Gasteiger charge is 2.16. The lowest BCUT2D eigenvalue weighted by atomic mass is 10.2. The van der Waals surface area contributed by atoms with Crippen LogP contribution in [0, 0.1) is 5.82 Å². The zero-order valence-corrected chi connectivity index (χ0v) is 18.5. The largest absolute Gasteiger partial charge is 0.444 e. The zero-order chi connectivity index (χ0) is 22.9. The van der Waals surface area contributed by atoms with E-state index in [1.807, 2.05) is 6.07 Å². The van der Waals surface area contributed by atoms with Crippen molar-refractivity contribution >= 4 is 33.3 Å². The Hall–Kier alpha value is -3.66. The van der Waals surface area contributed by atoms with Gasteiger partial charge in [-0.15, -0.1) is 11.3 Å². The number of halogens is 1. The quantitative estimate of drug-likeness (QED) is 0.436. The topological polar surface area (TPSA) is 116 Å². The van der Waals surface area contributed by atoms with Crippen molar-refractivity contribution in [3.8, 4) is 21.8 Å². The van der Waals surface area contributed by atoms with Gasteiger partial charge in [-0.05, 0) is 39.0 Å². The Morgan fingerprint density at radius 1 is 1.16 bits per heavy atom. The van der Waals surface area contributed by atoms with Crippen molar-refractivity contribution in [2.45, 2.75) is 32.9 Å². The number of aromatic nitrogens is 4. The Morgan fingerprint density at radius 3 is 2.59 bits per heavy atom. The molecule has 0 aliphatic heterocycles. The van der Waals surface area contributed by atoms with Gasteiger partial charge in [0, 0.05) is 35.9 Å². The Balaban J connectivity index is 1.48. The number of amides is 1. The van der Waals surface area contributed by atoms with Crippen LogP contribution in [0.25, 0.3) is 32.0 Å². The van der Waals surface area contributed by atoms with Gasteiger partial charge in [0.1, 0.15) is 22.3 Å². The first-order valence-electron chi connectivity index (χ1n) is 9.78. The molecule has 32 heavy (non-hydrogen) atoms. The molecule has 0 aliphatic rings. The maximum absolute atomic E-state index is 14.9. The lowest BCUT2D eigenvalue weighted by Crippen LogP contribution is -2.32. The highest BCUT2D eigenvalue weighted by Crippen LogP contribution is 2.33. The molecule has 0 radical (unpaired) electrons. The number of nitrogens with one attached hydrogen (secondary N) is 1. The molecule has 3 N–H and O–H groups in total. The van der Waals surface area contributed by atoms with Crippen LogP contribution in [0.5, 0.6) is 0 Å². The number of carbonyl (C=O) groups is 1. The summed E-state index contributed by atoms with van der Waals surface area (Å²) in [5, 5.41) is 3.12. The minimum atomic E-state index is -0.588. The van der Waals surface area contributed by atoms with E-state index >= 15 is 0 Å². The summed E-state index contributed by atoms with van der Waals surface area (Å²) in [7, 11) is 0. The SMILES string of the molecule is CC(C)(C)OC(=O)NCc1ncc(-c2cc(F)c(-c3nc4ccc(N)cc4s3)cn2)cn1. The fourth-order valence-electron chi connectivity index (χ4n) is 2.85. The maximum Gasteiger partial charge on any atom is 0.408 e. The number of carbonyl (C=O) groups excluding carboxylic acids is 1. The van der Waals surface area contributed by atoms with Crippen LogP contribution in [-0.2, 0) is 11.3 Å². The number of thiazole rings is 1. The highest BCUT2D eigenvalue weighted by molar-refractivity contribution is 7.21. The summed E-state index contributed by atoms with van der Waals surface area (Å²) >= 11 is 1.35. The number of nitrogen functional groups attached to an aromatic ring is 1. The van der Waals surface area contributed by atoms with Crippen LogP contribution in [0.4, 0.5) is 14.9 Å². The number of alkyl carbamates (subject to hydrolysis) is 1. The summed E-state index contributed by atoms with van der Waals surface area (Å²) in [6.45, 7) is 5.45. The number of pyridine rings is 1. The van der Waals surface area contributed by atoms with Crippen LogP contribution in [0.1, 0.15) is 26.6 Å². The van der Waals surface area contributed by atoms with E-state index in [0.717, 1.165) is 10.2 Å². The van der Waals surface area contributed by atoms with Crippen molar-refractivity contribution in [2.24, 2.45) is 0 Å². The molecule has 0 bridgehead atoms. The summed E-state index contributed by atoms with van der Waals surface area (Å²) in [6.07, 6.45) is 3.95. The number of rotatable bonds is 4. The fourth-order valence-corrected chi connectivity index (χ4v) is 3.87. The van der Waals surface area contributed by atoms with Gasteiger partial charge in [0.25, 0.3) is 0 Å². The number of anilines is 1. The van der Waals surface area contributed by atoms with E-state index in [-0.39, 0.29) is 6.54 Å². The predicted molar refractivity (Wildman–Crippen MR) is 121 cm³/mol. The molecule has 0 atom stereocenters. The van der Waals surface area contributed by atoms with Crippen LogP contribution in [0.3, 0.4) is 0 Å². The number of nitrogens with zero attached hydrogens (tertiary/aromatic N) is 4. The summed E-state index contributed by atoms with van der Waals surface area (Å²) in [6, 6.07) is 6.71. The molecule has 0 spiro atoms. The molecule has 8 nitrogen and oxygen atoms in total. The lowest BCUT2D eigenvalue weighted by Gasteiger charge is -2.19. The second-order valence-corrected chi connectivity index (χ2v) is 9.07. The van der Waals surface area contributed by atoms with Gasteiger partial charge in [-0.1, -0.05) is 0 Å². The zero-order valence-electron chi connectivity index (χ0n) is 17.7. The Bertz CT molecular complexity index is 1280. The molecule has 0 saturated heterocycles. The van der Waals surface area contributed by atoms with Crippen LogP contribution >= 0.6 is 11.3 Å². The van der Waals surface area contributed by atoms with E-state index < -0.39 is 17.5 Å². The van der Waals surface area contributed by atoms with Gasteiger partial charge in [0.2, 0.25) is 0 Å². The summed E-state index contributed by atoms with van der Waals surface area (Å²) < 4.78 is 20.9. The lowest BCUT2D eigenvalue weighted by molar-refractivity contribution is 0.0522. The molecule has 4 aromatic rings. The first-order valence-corrected chi connectivity index (χ1v) is 10.6. The van der Waals surface area contributed by atoms with Crippen molar-refractivity contribution in [1.82, 2.24) is 25.3 Å². The Kier molecular flexibility index (Phi) is 5.70. The monoisotopic (exact) mass is 452 g/mol. The third-order valence-electron chi connectivity index (χ3n) is 4.29. The summed E-state index contributed by atoms with van der Waals surface area (Å²) in [4.78, 5) is 29.0. The summed E-state index contributed by atoms with van der Waals surface area (Å²) in [5.74, 6) is -0.0526. The normalized spacial score (nSPS) is 11.5. The van der Waals surface area contributed by atoms with E-state index in [9.17, 15) is 9.18 Å². The Labute approximate surface area is 187 Å². The van der Waals surface area contributed by atoms with Gasteiger partial charge in [-0.3, -0.25) is 4.98 Å². The molecular weight excluding hydrogens is 431 g/mol. The number of benzene rings is 1. The van der Waals surface area contributed by atoms with Crippen molar-refractivity contribution in [1.29, 1.82) is 0 Å². The molecule has 0 aliphatic carbocycles. The van der Waals surface area contributed by atoms with Crippen molar-refractivity contribution in [2.75, 3.05) is 5.73 Å². The molecule has 3 heterocycles. The van der Waals surface area contributed by atoms with Gasteiger partial charge in [0.05, 0.1) is 28.0 Å². The number of fused-ring (bicyclic) bond motifs is 1. The molecule has 0 saturated carbocycles. The van der Waals surface area contributed by atoms with E-state index in [1.54, 1.807) is 32.9 Å². The van der Waals surface area contributed by atoms with Crippen LogP contribution in [0.2, 0.25) is 0 Å². The molecule has 1 aromatic carbocycles. The van der Waals surface area contributed by atoms with Crippen molar-refractivity contribution in [3.05, 3.63) is 54.5 Å². The van der Waals surface area contributed by atoms with Crippen LogP contribution in [0.15, 0.2) is 42.9 Å². The first-order chi connectivity index (χ1) is 15.2. The number of ether oxygens (including phenoxy) is 1. The number of hydrogen-bond acceptors (Lipinski definition) is 8. The van der Waals surface area contributed by atoms with Crippen LogP contribution in [-0.4, -0.2) is 31.6 Å². The number of nitrogens with two attached hydrogens (primary N) is 1. The van der Waals surface area contributed by atoms with Gasteiger partial charge in [-0.2, -0.15) is 0 Å². The van der Waals surface area contributed by atoms with E-state index in [2.05, 4.69) is 25.3 Å². The third-order valence-corrected chi connectivity index (χ3v) is 5.34. The molecule has 164 valence electrons. The molecule has 0 fully saturated rings. The fraction of sp³-hybridized carbons (Fsp3) is 0.227. The molecule has 1 amide bonds. The van der Waals surface area contributed by atoms with Gasteiger partial charge in [0.15, 0.2) is 0 Å². The van der Waals surface area contributed by atoms with Gasteiger partial charge < -0.3 is 15.8 Å². The minimum absolute atomic E-state index is 0.109. The molecule has 3 aromatic heterocycles. The Morgan fingerprint density at radius 2 is 1.91 bits per heavy atom. The van der Waals surface area contributed by atoms with Crippen molar-refractivity contribution < 1.29 is 13.9 Å². The molecule has 10 heteroatoms. The average Bonchev–Trinajstić information content (AvgIpc) is 3.14. The van der Waals surface area contributed by atoms with E-state index in [4.69, 9.17) is 10.5 Å². The minimum Gasteiger partial charge on any atom is -0.444 e. The maximum atomic E-state index is 14.9. The standard InChI is InChI=1S/C22H21FN6O2S/c1-22(2,3)31-21(30)28-11-19-26-8-12(9-27-19)17-7-15(23)14(10-25-17)20-29-16-5-4-13(24)6-18(16)32-20/h4-10H,11,24H2,1-3H3,(H,28,30). The second-order valence-electron chi connectivity index (χ2n) is 8.04. The summed E-state index contributed by atoms with van der Waals surface area (Å²) in [5.41, 5.74) is 7.86. The van der Waals surface area contributed by atoms with Gasteiger partial charge >= 0.3 is 6.09 Å². The predicted octanol–water partition coefficient (Wildman–Crippen LogP) is 4.56. The second kappa shape index (κ2) is 8.46. The third kappa shape index (κ3) is 4.97.